The largest absolute Gasteiger partial charge is 0.390 e. The Bertz CT molecular complexity index is 342. The lowest BCUT2D eigenvalue weighted by Crippen LogP contribution is -2.20. The average Bonchev–Trinajstić information content (AvgIpc) is 2.22. The first kappa shape index (κ1) is 14.0. The highest BCUT2D eigenvalue weighted by atomic mass is 32.2. The predicted molar refractivity (Wildman–Crippen MR) is 68.7 cm³/mol. The van der Waals surface area contributed by atoms with Crippen molar-refractivity contribution in [3.8, 4) is 0 Å². The van der Waals surface area contributed by atoms with Crippen LogP contribution in [0.3, 0.4) is 0 Å². The van der Waals surface area contributed by atoms with E-state index in [4.69, 9.17) is 16.2 Å². The van der Waals surface area contributed by atoms with Crippen molar-refractivity contribution in [1.82, 2.24) is 9.97 Å². The number of nitrogen functional groups attached to an aromatic ring is 2. The van der Waals surface area contributed by atoms with E-state index < -0.39 is 6.10 Å². The molecule has 96 valence electrons. The standard InChI is InChI=1S/C10H18N4O2S/c1-6(2)16-4-7(15)5-17-10-13-8(11)3-9(12)14-10/h3,6-7,15H,4-5H2,1-2H3,(H4,11,12,13,14). The Morgan fingerprint density at radius 3 is 2.47 bits per heavy atom. The lowest BCUT2D eigenvalue weighted by Gasteiger charge is -2.12. The molecule has 0 spiro atoms. The SMILES string of the molecule is CC(C)OCC(O)CSc1nc(N)cc(N)n1. The summed E-state index contributed by atoms with van der Waals surface area (Å²) in [5.41, 5.74) is 11.1. The summed E-state index contributed by atoms with van der Waals surface area (Å²) in [5.74, 6) is 1.09. The van der Waals surface area contributed by atoms with E-state index in [9.17, 15) is 5.11 Å². The number of nitrogens with two attached hydrogens (primary N) is 2. The minimum atomic E-state index is -0.561. The van der Waals surface area contributed by atoms with Crippen LogP contribution in [0, 0.1) is 0 Å². The molecule has 0 saturated heterocycles. The molecule has 0 fully saturated rings. The van der Waals surface area contributed by atoms with Gasteiger partial charge in [0.05, 0.1) is 18.8 Å². The molecule has 1 unspecified atom stereocenters. The Kier molecular flexibility index (Phi) is 5.46. The number of hydrogen-bond donors (Lipinski definition) is 3. The molecule has 0 bridgehead atoms. The summed E-state index contributed by atoms with van der Waals surface area (Å²) in [7, 11) is 0. The van der Waals surface area contributed by atoms with Gasteiger partial charge in [0, 0.05) is 11.8 Å². The fourth-order valence-electron chi connectivity index (χ4n) is 1.05. The highest BCUT2D eigenvalue weighted by Crippen LogP contribution is 2.17. The van der Waals surface area contributed by atoms with Gasteiger partial charge in [0.15, 0.2) is 5.16 Å². The van der Waals surface area contributed by atoms with Gasteiger partial charge in [0.1, 0.15) is 11.6 Å². The molecule has 1 aromatic heterocycles. The van der Waals surface area contributed by atoms with E-state index in [0.717, 1.165) is 0 Å². The molecule has 1 atom stereocenters. The second-order valence-electron chi connectivity index (χ2n) is 3.85. The Morgan fingerprint density at radius 1 is 1.35 bits per heavy atom. The van der Waals surface area contributed by atoms with Crippen LogP contribution < -0.4 is 11.5 Å². The molecule has 1 aromatic rings. The van der Waals surface area contributed by atoms with Crippen molar-refractivity contribution in [2.24, 2.45) is 0 Å². The highest BCUT2D eigenvalue weighted by Gasteiger charge is 2.09. The van der Waals surface area contributed by atoms with Gasteiger partial charge in [-0.15, -0.1) is 0 Å². The summed E-state index contributed by atoms with van der Waals surface area (Å²) in [6.07, 6.45) is -0.456. The number of nitrogens with zero attached hydrogens (tertiary/aromatic N) is 2. The minimum absolute atomic E-state index is 0.105. The number of anilines is 2. The molecular weight excluding hydrogens is 240 g/mol. The van der Waals surface area contributed by atoms with Crippen molar-refractivity contribution >= 4 is 23.4 Å². The molecule has 0 radical (unpaired) electrons. The van der Waals surface area contributed by atoms with E-state index >= 15 is 0 Å². The lowest BCUT2D eigenvalue weighted by atomic mass is 10.4. The Balaban J connectivity index is 2.39. The monoisotopic (exact) mass is 258 g/mol. The van der Waals surface area contributed by atoms with E-state index in [-0.39, 0.29) is 6.10 Å². The fourth-order valence-corrected chi connectivity index (χ4v) is 1.83. The van der Waals surface area contributed by atoms with Crippen molar-refractivity contribution in [2.75, 3.05) is 23.8 Å². The second-order valence-corrected chi connectivity index (χ2v) is 4.83. The van der Waals surface area contributed by atoms with Gasteiger partial charge < -0.3 is 21.3 Å². The number of ether oxygens (including phenoxy) is 1. The summed E-state index contributed by atoms with van der Waals surface area (Å²) in [6.45, 7) is 4.13. The lowest BCUT2D eigenvalue weighted by molar-refractivity contribution is 0.0152. The van der Waals surface area contributed by atoms with E-state index in [1.165, 1.54) is 17.8 Å². The van der Waals surface area contributed by atoms with Gasteiger partial charge in [-0.1, -0.05) is 11.8 Å². The maximum atomic E-state index is 9.63. The van der Waals surface area contributed by atoms with E-state index in [1.54, 1.807) is 0 Å². The van der Waals surface area contributed by atoms with Crippen molar-refractivity contribution in [2.45, 2.75) is 31.2 Å². The molecular formula is C10H18N4O2S. The van der Waals surface area contributed by atoms with E-state index in [2.05, 4.69) is 9.97 Å². The zero-order valence-electron chi connectivity index (χ0n) is 9.96. The van der Waals surface area contributed by atoms with Gasteiger partial charge in [-0.2, -0.15) is 0 Å². The smallest absolute Gasteiger partial charge is 0.191 e. The Hall–Kier alpha value is -1.05. The van der Waals surface area contributed by atoms with Crippen LogP contribution in [-0.2, 0) is 4.74 Å². The molecule has 0 aliphatic rings. The molecule has 5 N–H and O–H groups in total. The summed E-state index contributed by atoms with van der Waals surface area (Å²) in [5, 5.41) is 10.1. The molecule has 1 rings (SSSR count). The van der Waals surface area contributed by atoms with Crippen LogP contribution in [0.5, 0.6) is 0 Å². The summed E-state index contributed by atoms with van der Waals surface area (Å²) in [6, 6.07) is 1.49. The first-order valence-corrected chi connectivity index (χ1v) is 6.28. The van der Waals surface area contributed by atoms with Crippen LogP contribution in [0.15, 0.2) is 11.2 Å². The van der Waals surface area contributed by atoms with Crippen LogP contribution in [0.4, 0.5) is 11.6 Å². The number of aliphatic hydroxyl groups excluding tert-OH is 1. The highest BCUT2D eigenvalue weighted by molar-refractivity contribution is 7.99. The van der Waals surface area contributed by atoms with Crippen molar-refractivity contribution in [3.63, 3.8) is 0 Å². The molecule has 0 aromatic carbocycles. The van der Waals surface area contributed by atoms with Gasteiger partial charge in [0.2, 0.25) is 0 Å². The van der Waals surface area contributed by atoms with Gasteiger partial charge in [-0.05, 0) is 13.8 Å². The first-order valence-electron chi connectivity index (χ1n) is 5.30. The van der Waals surface area contributed by atoms with Gasteiger partial charge >= 0.3 is 0 Å². The van der Waals surface area contributed by atoms with Crippen molar-refractivity contribution < 1.29 is 9.84 Å². The number of thioether (sulfide) groups is 1. The first-order chi connectivity index (χ1) is 7.97. The molecule has 0 aliphatic heterocycles. The molecule has 0 saturated carbocycles. The molecule has 0 amide bonds. The quantitative estimate of drug-likeness (QED) is 0.504. The number of aliphatic hydroxyl groups is 1. The normalized spacial score (nSPS) is 12.9. The Labute approximate surface area is 105 Å². The van der Waals surface area contributed by atoms with Crippen molar-refractivity contribution in [3.05, 3.63) is 6.07 Å². The second kappa shape index (κ2) is 6.63. The number of hydrogen-bond acceptors (Lipinski definition) is 7. The molecule has 6 nitrogen and oxygen atoms in total. The third kappa shape index (κ3) is 5.71. The van der Waals surface area contributed by atoms with Crippen LogP contribution in [0.25, 0.3) is 0 Å². The van der Waals surface area contributed by atoms with Crippen LogP contribution in [0.1, 0.15) is 13.8 Å². The van der Waals surface area contributed by atoms with Crippen LogP contribution in [-0.4, -0.2) is 39.6 Å². The van der Waals surface area contributed by atoms with E-state index in [1.807, 2.05) is 13.8 Å². The maximum absolute atomic E-state index is 9.63. The topological polar surface area (TPSA) is 107 Å². The van der Waals surface area contributed by atoms with Gasteiger partial charge in [-0.3, -0.25) is 0 Å². The van der Waals surface area contributed by atoms with E-state index in [0.29, 0.717) is 29.2 Å². The molecule has 1 heterocycles. The summed E-state index contributed by atoms with van der Waals surface area (Å²) >= 11 is 1.30. The average molecular weight is 258 g/mol. The number of rotatable bonds is 6. The predicted octanol–water partition coefficient (Wildman–Crippen LogP) is 0.519. The van der Waals surface area contributed by atoms with Crippen molar-refractivity contribution in [1.29, 1.82) is 0 Å². The third-order valence-corrected chi connectivity index (χ3v) is 2.76. The van der Waals surface area contributed by atoms with Gasteiger partial charge in [-0.25, -0.2) is 9.97 Å². The zero-order chi connectivity index (χ0) is 12.8. The molecule has 0 aliphatic carbocycles. The summed E-state index contributed by atoms with van der Waals surface area (Å²) < 4.78 is 5.29. The third-order valence-electron chi connectivity index (χ3n) is 1.77. The maximum Gasteiger partial charge on any atom is 0.191 e. The van der Waals surface area contributed by atoms with Crippen LogP contribution >= 0.6 is 11.8 Å². The van der Waals surface area contributed by atoms with Gasteiger partial charge in [0.25, 0.3) is 0 Å². The minimum Gasteiger partial charge on any atom is -0.390 e. The van der Waals surface area contributed by atoms with Crippen LogP contribution in [0.2, 0.25) is 0 Å². The molecule has 17 heavy (non-hydrogen) atoms. The molecule has 7 heteroatoms. The fraction of sp³-hybridized carbons (Fsp3) is 0.600. The number of aromatic nitrogens is 2. The zero-order valence-corrected chi connectivity index (χ0v) is 10.8. The Morgan fingerprint density at radius 2 is 1.94 bits per heavy atom. The summed E-state index contributed by atoms with van der Waals surface area (Å²) in [4.78, 5) is 8.00.